The number of hydrogen-bond acceptors (Lipinski definition) is 6. The second-order valence-electron chi connectivity index (χ2n) is 5.59. The van der Waals surface area contributed by atoms with Crippen LogP contribution in [-0.2, 0) is 4.74 Å². The maximum atomic E-state index is 9.00. The summed E-state index contributed by atoms with van der Waals surface area (Å²) in [6.45, 7) is 7.40. The zero-order chi connectivity index (χ0) is 15.2. The van der Waals surface area contributed by atoms with Crippen molar-refractivity contribution in [2.24, 2.45) is 0 Å². The molecule has 1 rings (SSSR count). The van der Waals surface area contributed by atoms with E-state index in [0.717, 1.165) is 6.04 Å². The summed E-state index contributed by atoms with van der Waals surface area (Å²) < 4.78 is 10.6. The van der Waals surface area contributed by atoms with E-state index >= 15 is 0 Å². The molecular weight excluding hydrogens is 275 g/mol. The summed E-state index contributed by atoms with van der Waals surface area (Å²) in [5.74, 6) is 0.130. The molecule has 8 heteroatoms. The van der Waals surface area contributed by atoms with E-state index < -0.39 is 15.2 Å². The van der Waals surface area contributed by atoms with Crippen LogP contribution in [0.1, 0.15) is 5.56 Å². The quantitative estimate of drug-likeness (QED) is 0.427. The summed E-state index contributed by atoms with van der Waals surface area (Å²) in [5, 5.41) is 27.0. The summed E-state index contributed by atoms with van der Waals surface area (Å²) in [6, 6.07) is 4.26. The molecule has 1 heterocycles. The fourth-order valence-corrected chi connectivity index (χ4v) is 2.10. The van der Waals surface area contributed by atoms with E-state index in [9.17, 15) is 0 Å². The lowest BCUT2D eigenvalue weighted by atomic mass is 9.81. The normalized spacial score (nSPS) is 11.0. The molecule has 108 valence electrons. The Hall–Kier alpha value is -1.40. The van der Waals surface area contributed by atoms with Crippen LogP contribution in [0.2, 0.25) is 25.7 Å². The molecule has 1 aromatic heterocycles. The SMILES string of the molecule is C[Si](C)(C)CCOCOc1ncc(B(O)O)cc1C#N. The minimum absolute atomic E-state index is 0.0210. The van der Waals surface area contributed by atoms with Gasteiger partial charge in [0.05, 0.1) is 0 Å². The minimum Gasteiger partial charge on any atom is -0.450 e. The third-order valence-electron chi connectivity index (χ3n) is 2.57. The number of nitrogens with zero attached hydrogens (tertiary/aromatic N) is 2. The lowest BCUT2D eigenvalue weighted by molar-refractivity contribution is 0.0191. The summed E-state index contributed by atoms with van der Waals surface area (Å²) in [6.07, 6.45) is 1.25. The van der Waals surface area contributed by atoms with Crippen LogP contribution in [0.5, 0.6) is 5.88 Å². The van der Waals surface area contributed by atoms with E-state index in [1.807, 2.05) is 6.07 Å². The van der Waals surface area contributed by atoms with Gasteiger partial charge in [-0.3, -0.25) is 0 Å². The van der Waals surface area contributed by atoms with Crippen LogP contribution >= 0.6 is 0 Å². The maximum Gasteiger partial charge on any atom is 0.490 e. The van der Waals surface area contributed by atoms with E-state index in [0.29, 0.717) is 6.61 Å². The van der Waals surface area contributed by atoms with Gasteiger partial charge in [0.2, 0.25) is 5.88 Å². The van der Waals surface area contributed by atoms with Crippen LogP contribution < -0.4 is 10.2 Å². The molecule has 0 fully saturated rings. The predicted molar refractivity (Wildman–Crippen MR) is 78.4 cm³/mol. The molecule has 0 saturated heterocycles. The largest absolute Gasteiger partial charge is 0.490 e. The molecular formula is C12H19BN2O4Si. The van der Waals surface area contributed by atoms with Gasteiger partial charge in [0.1, 0.15) is 11.6 Å². The Bertz CT molecular complexity index is 485. The highest BCUT2D eigenvalue weighted by atomic mass is 28.3. The Balaban J connectivity index is 2.50. The van der Waals surface area contributed by atoms with E-state index in [1.54, 1.807) is 0 Å². The fourth-order valence-electron chi connectivity index (χ4n) is 1.34. The second-order valence-corrected chi connectivity index (χ2v) is 11.2. The van der Waals surface area contributed by atoms with Crippen LogP contribution in [0.15, 0.2) is 12.3 Å². The number of pyridine rings is 1. The summed E-state index contributed by atoms with van der Waals surface area (Å²) >= 11 is 0. The number of ether oxygens (including phenoxy) is 2. The van der Waals surface area contributed by atoms with Crippen LogP contribution in [0.4, 0.5) is 0 Å². The second kappa shape index (κ2) is 7.40. The van der Waals surface area contributed by atoms with Crippen LogP contribution in [0.3, 0.4) is 0 Å². The van der Waals surface area contributed by atoms with Gasteiger partial charge in [-0.25, -0.2) is 4.98 Å². The highest BCUT2D eigenvalue weighted by Gasteiger charge is 2.15. The van der Waals surface area contributed by atoms with Crippen molar-refractivity contribution in [1.29, 1.82) is 5.26 Å². The van der Waals surface area contributed by atoms with Crippen molar-refractivity contribution in [3.63, 3.8) is 0 Å². The average molecular weight is 294 g/mol. The highest BCUT2D eigenvalue weighted by Crippen LogP contribution is 2.12. The molecule has 6 nitrogen and oxygen atoms in total. The van der Waals surface area contributed by atoms with Gasteiger partial charge < -0.3 is 19.5 Å². The monoisotopic (exact) mass is 294 g/mol. The molecule has 0 spiro atoms. The molecule has 0 aromatic carbocycles. The predicted octanol–water partition coefficient (Wildman–Crippen LogP) is 0.324. The first kappa shape index (κ1) is 16.7. The van der Waals surface area contributed by atoms with Crippen molar-refractivity contribution in [3.05, 3.63) is 17.8 Å². The van der Waals surface area contributed by atoms with Crippen LogP contribution in [-0.4, -0.2) is 43.6 Å². The van der Waals surface area contributed by atoms with Crippen molar-refractivity contribution in [2.45, 2.75) is 25.7 Å². The van der Waals surface area contributed by atoms with E-state index in [-0.39, 0.29) is 23.7 Å². The number of nitriles is 1. The van der Waals surface area contributed by atoms with Gasteiger partial charge in [-0.1, -0.05) is 19.6 Å². The molecule has 0 unspecified atom stereocenters. The lowest BCUT2D eigenvalue weighted by Crippen LogP contribution is -2.30. The molecule has 0 bridgehead atoms. The maximum absolute atomic E-state index is 9.00. The first-order valence-corrected chi connectivity index (χ1v) is 10.0. The smallest absolute Gasteiger partial charge is 0.450 e. The Labute approximate surface area is 120 Å². The average Bonchev–Trinajstić information content (AvgIpc) is 2.36. The Kier molecular flexibility index (Phi) is 6.16. The Morgan fingerprint density at radius 3 is 2.65 bits per heavy atom. The van der Waals surface area contributed by atoms with Crippen LogP contribution in [0.25, 0.3) is 0 Å². The molecule has 2 N–H and O–H groups in total. The number of rotatable bonds is 7. The third kappa shape index (κ3) is 5.71. The van der Waals surface area contributed by atoms with Gasteiger partial charge in [-0.05, 0) is 12.1 Å². The summed E-state index contributed by atoms with van der Waals surface area (Å²) in [5.41, 5.74) is 0.290. The zero-order valence-corrected chi connectivity index (χ0v) is 13.0. The van der Waals surface area contributed by atoms with Gasteiger partial charge in [0.15, 0.2) is 6.79 Å². The first-order valence-electron chi connectivity index (χ1n) is 6.30. The molecule has 0 aliphatic carbocycles. The summed E-state index contributed by atoms with van der Waals surface area (Å²) in [7, 11) is -2.78. The zero-order valence-electron chi connectivity index (χ0n) is 12.0. The van der Waals surface area contributed by atoms with E-state index in [1.165, 1.54) is 12.3 Å². The van der Waals surface area contributed by atoms with Crippen molar-refractivity contribution < 1.29 is 19.5 Å². The molecule has 0 radical (unpaired) electrons. The standard InChI is InChI=1S/C12H19BN2O4Si/c1-20(2,3)5-4-18-9-19-12-10(7-14)6-11(8-15-12)13(16)17/h6,8,16-17H,4-5,9H2,1-3H3. The fraction of sp³-hybridized carbons (Fsp3) is 0.500. The van der Waals surface area contributed by atoms with E-state index in [2.05, 4.69) is 24.6 Å². The molecule has 0 atom stereocenters. The molecule has 1 aromatic rings. The van der Waals surface area contributed by atoms with E-state index in [4.69, 9.17) is 24.8 Å². The molecule has 0 amide bonds. The molecule has 20 heavy (non-hydrogen) atoms. The van der Waals surface area contributed by atoms with Crippen LogP contribution in [0, 0.1) is 11.3 Å². The van der Waals surface area contributed by atoms with Crippen molar-refractivity contribution in [3.8, 4) is 11.9 Å². The first-order chi connectivity index (χ1) is 9.33. The summed E-state index contributed by atoms with van der Waals surface area (Å²) in [4.78, 5) is 3.88. The van der Waals surface area contributed by atoms with Gasteiger partial charge in [-0.2, -0.15) is 5.26 Å². The van der Waals surface area contributed by atoms with Gasteiger partial charge >= 0.3 is 7.12 Å². The van der Waals surface area contributed by atoms with Crippen molar-refractivity contribution in [2.75, 3.05) is 13.4 Å². The highest BCUT2D eigenvalue weighted by molar-refractivity contribution is 6.76. The molecule has 0 saturated carbocycles. The van der Waals surface area contributed by atoms with Crippen molar-refractivity contribution in [1.82, 2.24) is 4.98 Å². The lowest BCUT2D eigenvalue weighted by Gasteiger charge is -2.15. The number of hydrogen-bond donors (Lipinski definition) is 2. The van der Waals surface area contributed by atoms with Gasteiger partial charge in [0, 0.05) is 26.3 Å². The third-order valence-corrected chi connectivity index (χ3v) is 4.27. The van der Waals surface area contributed by atoms with Gasteiger partial charge in [-0.15, -0.1) is 0 Å². The molecule has 0 aliphatic heterocycles. The van der Waals surface area contributed by atoms with Crippen molar-refractivity contribution >= 4 is 20.7 Å². The van der Waals surface area contributed by atoms with Gasteiger partial charge in [0.25, 0.3) is 0 Å². The number of aromatic nitrogens is 1. The Morgan fingerprint density at radius 2 is 2.10 bits per heavy atom. The minimum atomic E-state index is -1.66. The topological polar surface area (TPSA) is 95.6 Å². The molecule has 0 aliphatic rings. The Morgan fingerprint density at radius 1 is 1.40 bits per heavy atom.